The number of aliphatic hydroxyl groups is 1. The van der Waals surface area contributed by atoms with Gasteiger partial charge in [-0.2, -0.15) is 13.2 Å². The fourth-order valence-corrected chi connectivity index (χ4v) is 2.88. The van der Waals surface area contributed by atoms with Gasteiger partial charge in [-0.25, -0.2) is 9.18 Å². The molecule has 1 rings (SSSR count). The van der Waals surface area contributed by atoms with Crippen LogP contribution in [0.3, 0.4) is 0 Å². The highest BCUT2D eigenvalue weighted by atomic mass is 19.4. The number of carbonyl (C=O) groups is 1. The summed E-state index contributed by atoms with van der Waals surface area (Å²) in [5, 5.41) is 18.8. The number of hydrogen-bond acceptors (Lipinski definition) is 3. The Hall–Kier alpha value is -1.83. The fourth-order valence-electron chi connectivity index (χ4n) is 2.88. The van der Waals surface area contributed by atoms with E-state index >= 15 is 0 Å². The van der Waals surface area contributed by atoms with Gasteiger partial charge in [-0.15, -0.1) is 0 Å². The Labute approximate surface area is 137 Å². The molecule has 0 saturated carbocycles. The van der Waals surface area contributed by atoms with Crippen LogP contribution >= 0.6 is 0 Å². The molecular formula is C16H20F4O4. The van der Waals surface area contributed by atoms with Crippen molar-refractivity contribution in [2.75, 3.05) is 7.11 Å². The van der Waals surface area contributed by atoms with E-state index in [4.69, 9.17) is 9.84 Å². The Morgan fingerprint density at radius 1 is 1.29 bits per heavy atom. The Balaban J connectivity index is 3.51. The molecule has 0 saturated heterocycles. The molecule has 1 aromatic carbocycles. The average molecular weight is 352 g/mol. The number of alkyl halides is 3. The number of halogens is 4. The van der Waals surface area contributed by atoms with E-state index in [1.165, 1.54) is 20.1 Å². The normalized spacial score (nSPS) is 17.0. The molecule has 4 nitrogen and oxygen atoms in total. The van der Waals surface area contributed by atoms with Crippen LogP contribution in [-0.2, 0) is 10.2 Å². The summed E-state index contributed by atoms with van der Waals surface area (Å²) in [5.74, 6) is -2.96. The highest BCUT2D eigenvalue weighted by Gasteiger charge is 2.62. The van der Waals surface area contributed by atoms with E-state index < -0.39 is 35.4 Å². The molecule has 0 spiro atoms. The lowest BCUT2D eigenvalue weighted by Gasteiger charge is -2.38. The van der Waals surface area contributed by atoms with E-state index in [2.05, 4.69) is 0 Å². The highest BCUT2D eigenvalue weighted by molar-refractivity contribution is 5.78. The van der Waals surface area contributed by atoms with Crippen molar-refractivity contribution < 1.29 is 37.3 Å². The number of aliphatic carboxylic acids is 1. The predicted octanol–water partition coefficient (Wildman–Crippen LogP) is 3.66. The van der Waals surface area contributed by atoms with Gasteiger partial charge >= 0.3 is 12.1 Å². The van der Waals surface area contributed by atoms with Gasteiger partial charge in [0, 0.05) is 12.0 Å². The van der Waals surface area contributed by atoms with Crippen LogP contribution in [0.5, 0.6) is 5.75 Å². The summed E-state index contributed by atoms with van der Waals surface area (Å²) in [6, 6.07) is 3.35. The van der Waals surface area contributed by atoms with Crippen molar-refractivity contribution >= 4 is 5.97 Å². The molecule has 0 bridgehead atoms. The molecule has 0 radical (unpaired) electrons. The molecule has 2 unspecified atom stereocenters. The molecule has 24 heavy (non-hydrogen) atoms. The zero-order valence-electron chi connectivity index (χ0n) is 13.6. The van der Waals surface area contributed by atoms with Crippen LogP contribution in [0.2, 0.25) is 0 Å². The topological polar surface area (TPSA) is 66.8 Å². The van der Waals surface area contributed by atoms with E-state index in [0.717, 1.165) is 12.1 Å². The third-order valence-electron chi connectivity index (χ3n) is 4.08. The number of rotatable bonds is 7. The second kappa shape index (κ2) is 6.96. The van der Waals surface area contributed by atoms with Gasteiger partial charge in [-0.05, 0) is 30.0 Å². The second-order valence-corrected chi connectivity index (χ2v) is 6.00. The van der Waals surface area contributed by atoms with E-state index in [-0.39, 0.29) is 17.7 Å². The van der Waals surface area contributed by atoms with E-state index in [0.29, 0.717) is 6.42 Å². The van der Waals surface area contributed by atoms with E-state index in [1.54, 1.807) is 6.92 Å². The Kier molecular flexibility index (Phi) is 5.86. The van der Waals surface area contributed by atoms with Crippen molar-refractivity contribution in [2.45, 2.75) is 50.3 Å². The van der Waals surface area contributed by atoms with E-state index in [9.17, 15) is 27.5 Å². The van der Waals surface area contributed by atoms with Gasteiger partial charge < -0.3 is 14.9 Å². The molecule has 0 aliphatic heterocycles. The first-order valence-electron chi connectivity index (χ1n) is 7.28. The monoisotopic (exact) mass is 352 g/mol. The van der Waals surface area contributed by atoms with Crippen LogP contribution in [0.1, 0.15) is 38.7 Å². The van der Waals surface area contributed by atoms with Crippen molar-refractivity contribution in [2.24, 2.45) is 0 Å². The number of benzene rings is 1. The number of carboxylic acid groups (broad SMARTS) is 1. The summed E-state index contributed by atoms with van der Waals surface area (Å²) in [4.78, 5) is 11.1. The minimum atomic E-state index is -5.38. The molecule has 2 atom stereocenters. The second-order valence-electron chi connectivity index (χ2n) is 6.00. The summed E-state index contributed by atoms with van der Waals surface area (Å²) in [6.45, 7) is 3.05. The summed E-state index contributed by atoms with van der Waals surface area (Å²) >= 11 is 0. The Morgan fingerprint density at radius 2 is 1.88 bits per heavy atom. The molecule has 0 aromatic heterocycles. The first kappa shape index (κ1) is 20.2. The third-order valence-corrected chi connectivity index (χ3v) is 4.08. The minimum Gasteiger partial charge on any atom is -0.496 e. The summed E-state index contributed by atoms with van der Waals surface area (Å²) < 4.78 is 58.2. The highest BCUT2D eigenvalue weighted by Crippen LogP contribution is 2.46. The molecule has 8 heteroatoms. The first-order chi connectivity index (χ1) is 10.9. The van der Waals surface area contributed by atoms with Gasteiger partial charge in [0.05, 0.1) is 7.11 Å². The number of methoxy groups -OCH3 is 1. The zero-order valence-corrected chi connectivity index (χ0v) is 13.6. The predicted molar refractivity (Wildman–Crippen MR) is 78.5 cm³/mol. The average Bonchev–Trinajstić information content (AvgIpc) is 2.46. The fraction of sp³-hybridized carbons (Fsp3) is 0.562. The number of ether oxygens (including phenoxy) is 1. The molecule has 1 aromatic rings. The molecule has 2 N–H and O–H groups in total. The molecule has 0 amide bonds. The van der Waals surface area contributed by atoms with Crippen LogP contribution in [0.4, 0.5) is 17.6 Å². The minimum absolute atomic E-state index is 0.0794. The van der Waals surface area contributed by atoms with Crippen molar-refractivity contribution in [3.05, 3.63) is 29.6 Å². The van der Waals surface area contributed by atoms with Gasteiger partial charge in [-0.1, -0.05) is 20.3 Å². The molecule has 0 fully saturated rings. The van der Waals surface area contributed by atoms with Gasteiger partial charge in [0.2, 0.25) is 0 Å². The quantitative estimate of drug-likeness (QED) is 0.735. The summed E-state index contributed by atoms with van der Waals surface area (Å²) in [5.41, 5.74) is -5.34. The van der Waals surface area contributed by atoms with Crippen molar-refractivity contribution in [3.63, 3.8) is 0 Å². The maximum Gasteiger partial charge on any atom is 0.428 e. The Morgan fingerprint density at radius 3 is 2.29 bits per heavy atom. The molecule has 0 aliphatic rings. The lowest BCUT2D eigenvalue weighted by atomic mass is 9.70. The van der Waals surface area contributed by atoms with Crippen molar-refractivity contribution in [1.29, 1.82) is 0 Å². The summed E-state index contributed by atoms with van der Waals surface area (Å²) in [7, 11) is 1.27. The van der Waals surface area contributed by atoms with Crippen LogP contribution in [0, 0.1) is 5.82 Å². The summed E-state index contributed by atoms with van der Waals surface area (Å²) in [6.07, 6.45) is -6.05. The smallest absolute Gasteiger partial charge is 0.428 e. The SMILES string of the molecule is CCCC(C)(CC(O)(C(=O)O)C(F)(F)F)c1cc(F)ccc1OC. The molecule has 0 aliphatic carbocycles. The van der Waals surface area contributed by atoms with Gasteiger partial charge in [0.25, 0.3) is 5.60 Å². The molecule has 0 heterocycles. The van der Waals surface area contributed by atoms with Gasteiger partial charge in [-0.3, -0.25) is 0 Å². The van der Waals surface area contributed by atoms with E-state index in [1.807, 2.05) is 0 Å². The first-order valence-corrected chi connectivity index (χ1v) is 7.28. The lowest BCUT2D eigenvalue weighted by Crippen LogP contribution is -2.55. The lowest BCUT2D eigenvalue weighted by molar-refractivity contribution is -0.266. The third kappa shape index (κ3) is 3.80. The van der Waals surface area contributed by atoms with Crippen LogP contribution in [0.15, 0.2) is 18.2 Å². The van der Waals surface area contributed by atoms with Gasteiger partial charge in [0.1, 0.15) is 11.6 Å². The zero-order chi connectivity index (χ0) is 18.8. The maximum atomic E-state index is 13.6. The Bertz CT molecular complexity index is 602. The molecule has 136 valence electrons. The molecular weight excluding hydrogens is 332 g/mol. The number of hydrogen-bond donors (Lipinski definition) is 2. The van der Waals surface area contributed by atoms with Crippen molar-refractivity contribution in [1.82, 2.24) is 0 Å². The van der Waals surface area contributed by atoms with Crippen molar-refractivity contribution in [3.8, 4) is 5.75 Å². The number of carboxylic acids is 1. The largest absolute Gasteiger partial charge is 0.496 e. The van der Waals surface area contributed by atoms with Crippen LogP contribution in [-0.4, -0.2) is 35.1 Å². The van der Waals surface area contributed by atoms with Crippen LogP contribution in [0.25, 0.3) is 0 Å². The standard InChI is InChI=1S/C16H20F4O4/c1-4-7-14(2,9-15(23,13(21)22)16(18,19)20)11-8-10(17)5-6-12(11)24-3/h5-6,8,23H,4,7,9H2,1-3H3,(H,21,22). The maximum absolute atomic E-state index is 13.6. The van der Waals surface area contributed by atoms with Crippen LogP contribution < -0.4 is 4.74 Å². The van der Waals surface area contributed by atoms with Gasteiger partial charge in [0.15, 0.2) is 0 Å².